The lowest BCUT2D eigenvalue weighted by molar-refractivity contribution is 0.864. The van der Waals surface area contributed by atoms with E-state index in [1.165, 1.54) is 19.3 Å². The third-order valence-electron chi connectivity index (χ3n) is 1.93. The van der Waals surface area contributed by atoms with E-state index in [0.29, 0.717) is 0 Å². The average Bonchev–Trinajstić information content (AvgIpc) is 2.18. The van der Waals surface area contributed by atoms with Crippen molar-refractivity contribution in [2.75, 3.05) is 0 Å². The van der Waals surface area contributed by atoms with Crippen molar-refractivity contribution in [3.05, 3.63) is 48.6 Å². The Kier molecular flexibility index (Phi) is 5.87. The number of allylic oxidation sites excluding steroid dienone is 8. The van der Waals surface area contributed by atoms with Crippen molar-refractivity contribution in [1.82, 2.24) is 0 Å². The molecule has 0 spiro atoms. The molecule has 13 heavy (non-hydrogen) atoms. The summed E-state index contributed by atoms with van der Waals surface area (Å²) in [5.74, 6) is 0. The van der Waals surface area contributed by atoms with Gasteiger partial charge in [-0.3, -0.25) is 0 Å². The van der Waals surface area contributed by atoms with E-state index in [2.05, 4.69) is 42.5 Å². The predicted octanol–water partition coefficient (Wildman–Crippen LogP) is 3.98. The van der Waals surface area contributed by atoms with E-state index in [-0.39, 0.29) is 0 Å². The van der Waals surface area contributed by atoms with E-state index in [0.717, 1.165) is 12.8 Å². The summed E-state index contributed by atoms with van der Waals surface area (Å²) in [5.41, 5.74) is 0. The SMILES string of the molecule is [C]1=CC=CCC=CCCCC=CC1. The first kappa shape index (κ1) is 10.0. The quantitative estimate of drug-likeness (QED) is 0.486. The van der Waals surface area contributed by atoms with Crippen LogP contribution < -0.4 is 0 Å². The van der Waals surface area contributed by atoms with Crippen LogP contribution in [0.3, 0.4) is 0 Å². The van der Waals surface area contributed by atoms with Crippen molar-refractivity contribution in [2.24, 2.45) is 0 Å². The Morgan fingerprint density at radius 3 is 2.62 bits per heavy atom. The molecule has 0 aromatic rings. The highest BCUT2D eigenvalue weighted by molar-refractivity contribution is 5.04. The molecule has 0 aromatic heterocycles. The fraction of sp³-hybridized carbons (Fsp3) is 0.385. The van der Waals surface area contributed by atoms with E-state index in [1.54, 1.807) is 0 Å². The Hall–Kier alpha value is -1.04. The van der Waals surface area contributed by atoms with Gasteiger partial charge in [0.05, 0.1) is 0 Å². The van der Waals surface area contributed by atoms with Gasteiger partial charge in [-0.25, -0.2) is 0 Å². The summed E-state index contributed by atoms with van der Waals surface area (Å²) in [5, 5.41) is 0. The van der Waals surface area contributed by atoms with Crippen LogP contribution in [0.15, 0.2) is 42.5 Å². The second kappa shape index (κ2) is 7.60. The Morgan fingerprint density at radius 2 is 1.69 bits per heavy atom. The van der Waals surface area contributed by atoms with Gasteiger partial charge in [0.2, 0.25) is 0 Å². The maximum atomic E-state index is 3.20. The molecule has 0 atom stereocenters. The summed E-state index contributed by atoms with van der Waals surface area (Å²) in [6.07, 6.45) is 24.0. The van der Waals surface area contributed by atoms with Gasteiger partial charge in [0.1, 0.15) is 0 Å². The van der Waals surface area contributed by atoms with Crippen molar-refractivity contribution in [3.63, 3.8) is 0 Å². The lowest BCUT2D eigenvalue weighted by Gasteiger charge is -1.89. The number of rotatable bonds is 0. The van der Waals surface area contributed by atoms with E-state index >= 15 is 0 Å². The molecule has 0 saturated heterocycles. The van der Waals surface area contributed by atoms with Crippen LogP contribution in [0.2, 0.25) is 0 Å². The number of hydrogen-bond acceptors (Lipinski definition) is 0. The van der Waals surface area contributed by atoms with Gasteiger partial charge in [0.15, 0.2) is 0 Å². The van der Waals surface area contributed by atoms with E-state index in [9.17, 15) is 0 Å². The summed E-state index contributed by atoms with van der Waals surface area (Å²) in [6.45, 7) is 0. The monoisotopic (exact) mass is 173 g/mol. The molecule has 0 fully saturated rings. The fourth-order valence-electron chi connectivity index (χ4n) is 1.20. The van der Waals surface area contributed by atoms with Gasteiger partial charge in [-0.2, -0.15) is 0 Å². The summed E-state index contributed by atoms with van der Waals surface area (Å²) >= 11 is 0. The fourth-order valence-corrected chi connectivity index (χ4v) is 1.20. The molecule has 1 aliphatic rings. The average molecular weight is 173 g/mol. The zero-order chi connectivity index (χ0) is 9.19. The van der Waals surface area contributed by atoms with Crippen LogP contribution in [0, 0.1) is 6.08 Å². The van der Waals surface area contributed by atoms with Gasteiger partial charge in [0.25, 0.3) is 0 Å². The van der Waals surface area contributed by atoms with Crippen molar-refractivity contribution < 1.29 is 0 Å². The third kappa shape index (κ3) is 6.15. The minimum atomic E-state index is 0.942. The zero-order valence-electron chi connectivity index (χ0n) is 8.08. The van der Waals surface area contributed by atoms with Gasteiger partial charge >= 0.3 is 0 Å². The lowest BCUT2D eigenvalue weighted by Crippen LogP contribution is -1.69. The first-order valence-electron chi connectivity index (χ1n) is 5.02. The molecule has 0 heterocycles. The van der Waals surface area contributed by atoms with Crippen molar-refractivity contribution >= 4 is 0 Å². The highest BCUT2D eigenvalue weighted by Crippen LogP contribution is 2.01. The molecule has 0 saturated carbocycles. The van der Waals surface area contributed by atoms with Gasteiger partial charge in [-0.1, -0.05) is 42.5 Å². The normalized spacial score (nSPS) is 19.1. The largest absolute Gasteiger partial charge is 0.0882 e. The van der Waals surface area contributed by atoms with Crippen molar-refractivity contribution in [1.29, 1.82) is 0 Å². The third-order valence-corrected chi connectivity index (χ3v) is 1.93. The predicted molar refractivity (Wildman–Crippen MR) is 58.3 cm³/mol. The maximum absolute atomic E-state index is 3.20. The molecule has 1 rings (SSSR count). The molecule has 1 aliphatic carbocycles. The molecule has 0 aliphatic heterocycles. The van der Waals surface area contributed by atoms with E-state index in [1.807, 2.05) is 6.08 Å². The molecule has 69 valence electrons. The van der Waals surface area contributed by atoms with E-state index < -0.39 is 0 Å². The van der Waals surface area contributed by atoms with Crippen LogP contribution in [0.1, 0.15) is 32.1 Å². The molecule has 0 N–H and O–H groups in total. The summed E-state index contributed by atoms with van der Waals surface area (Å²) < 4.78 is 0. The maximum Gasteiger partial charge on any atom is -0.00946 e. The van der Waals surface area contributed by atoms with Crippen molar-refractivity contribution in [2.45, 2.75) is 32.1 Å². The van der Waals surface area contributed by atoms with Crippen LogP contribution in [0.4, 0.5) is 0 Å². The molecule has 0 heteroatoms. The number of hydrogen-bond donors (Lipinski definition) is 0. The first-order chi connectivity index (χ1) is 6.50. The van der Waals surface area contributed by atoms with Gasteiger partial charge < -0.3 is 0 Å². The molecule has 0 bridgehead atoms. The Labute approximate surface area is 81.4 Å². The minimum Gasteiger partial charge on any atom is -0.0882 e. The molecule has 0 nitrogen and oxygen atoms in total. The van der Waals surface area contributed by atoms with Crippen LogP contribution in [-0.2, 0) is 0 Å². The second-order valence-electron chi connectivity index (χ2n) is 3.11. The molecule has 0 unspecified atom stereocenters. The van der Waals surface area contributed by atoms with Crippen LogP contribution in [0.25, 0.3) is 0 Å². The first-order valence-corrected chi connectivity index (χ1v) is 5.02. The van der Waals surface area contributed by atoms with Crippen LogP contribution in [-0.4, -0.2) is 0 Å². The summed E-state index contributed by atoms with van der Waals surface area (Å²) in [4.78, 5) is 0. The zero-order valence-corrected chi connectivity index (χ0v) is 8.08. The Bertz CT molecular complexity index is 192. The van der Waals surface area contributed by atoms with Gasteiger partial charge in [-0.05, 0) is 38.2 Å². The molecule has 0 amide bonds. The highest BCUT2D eigenvalue weighted by Gasteiger charge is 1.81. The Morgan fingerprint density at radius 1 is 0.846 bits per heavy atom. The Balaban J connectivity index is 2.38. The van der Waals surface area contributed by atoms with Crippen molar-refractivity contribution in [3.8, 4) is 0 Å². The molecular formula is C13H17. The second-order valence-corrected chi connectivity index (χ2v) is 3.11. The van der Waals surface area contributed by atoms with E-state index in [4.69, 9.17) is 0 Å². The summed E-state index contributed by atoms with van der Waals surface area (Å²) in [6, 6.07) is 0. The smallest absolute Gasteiger partial charge is 0.00946 e. The highest BCUT2D eigenvalue weighted by atomic mass is 13.9. The standard InChI is InChI=1S/C13H17/c1-2-4-6-8-10-12-13-11-9-7-5-3-1/h1-3,6,8-9,11H,4,7,10,12-13H2. The van der Waals surface area contributed by atoms with Gasteiger partial charge in [-0.15, -0.1) is 0 Å². The van der Waals surface area contributed by atoms with Crippen LogP contribution >= 0.6 is 0 Å². The molecule has 1 radical (unpaired) electrons. The lowest BCUT2D eigenvalue weighted by atomic mass is 10.2. The molecule has 0 aromatic carbocycles. The minimum absolute atomic E-state index is 0.942. The van der Waals surface area contributed by atoms with Crippen LogP contribution in [0.5, 0.6) is 0 Å². The topological polar surface area (TPSA) is 0 Å². The van der Waals surface area contributed by atoms with Gasteiger partial charge in [0, 0.05) is 0 Å². The summed E-state index contributed by atoms with van der Waals surface area (Å²) in [7, 11) is 0. The molecular weight excluding hydrogens is 156 g/mol.